The number of hydrogen-bond acceptors (Lipinski definition) is 14. The topological polar surface area (TPSA) is 161 Å². The molecule has 0 amide bonds. The molecule has 0 N–H and O–H groups in total. The second-order valence-electron chi connectivity index (χ2n) is 7.69. The third kappa shape index (κ3) is 12.8. The van der Waals surface area contributed by atoms with E-state index in [4.69, 9.17) is 18.9 Å². The smallest absolute Gasteiger partial charge is 0.494 e. The van der Waals surface area contributed by atoms with Crippen molar-refractivity contribution in [2.45, 2.75) is 39.5 Å². The first-order chi connectivity index (χ1) is 19.4. The van der Waals surface area contributed by atoms with E-state index in [0.29, 0.717) is 24.7 Å². The van der Waals surface area contributed by atoms with Crippen LogP contribution in [0.1, 0.15) is 60.2 Å². The lowest BCUT2D eigenvalue weighted by Crippen LogP contribution is -2.14. The Morgan fingerprint density at radius 1 is 0.525 bits per heavy atom. The minimum absolute atomic E-state index is 0.121. The summed E-state index contributed by atoms with van der Waals surface area (Å²) < 4.78 is 20.2. The van der Waals surface area contributed by atoms with E-state index in [0.717, 1.165) is 12.8 Å². The summed E-state index contributed by atoms with van der Waals surface area (Å²) >= 11 is 0. The fraction of sp³-hybridized carbons (Fsp3) is 0.385. The third-order valence-corrected chi connectivity index (χ3v) is 4.53. The third-order valence-electron chi connectivity index (χ3n) is 4.53. The summed E-state index contributed by atoms with van der Waals surface area (Å²) in [6.45, 7) is 4.78. The largest absolute Gasteiger partial charge is 0.543 e. The van der Waals surface area contributed by atoms with Crippen LogP contribution in [0.3, 0.4) is 0 Å². The van der Waals surface area contributed by atoms with Crippen molar-refractivity contribution in [2.24, 2.45) is 0 Å². The summed E-state index contributed by atoms with van der Waals surface area (Å²) in [5.41, 5.74) is 0.289. The lowest BCUT2D eigenvalue weighted by molar-refractivity contribution is -0.452. The molecule has 0 atom stereocenters. The highest BCUT2D eigenvalue weighted by Gasteiger charge is 2.14. The molecular formula is C26H30O14. The first kappa shape index (κ1) is 31.7. The van der Waals surface area contributed by atoms with Crippen molar-refractivity contribution < 1.29 is 67.8 Å². The van der Waals surface area contributed by atoms with Crippen LogP contribution in [0.15, 0.2) is 48.5 Å². The molecule has 218 valence electrons. The fourth-order valence-corrected chi connectivity index (χ4v) is 2.63. The van der Waals surface area contributed by atoms with Crippen LogP contribution < -0.4 is 9.47 Å². The van der Waals surface area contributed by atoms with Gasteiger partial charge in [0.25, 0.3) is 0 Å². The highest BCUT2D eigenvalue weighted by molar-refractivity contribution is 5.89. The minimum Gasteiger partial charge on any atom is -0.494 e. The number of ether oxygens (including phenoxy) is 4. The number of hydrogen-bond donors (Lipinski definition) is 0. The van der Waals surface area contributed by atoms with Gasteiger partial charge in [-0.2, -0.15) is 0 Å². The maximum atomic E-state index is 11.8. The molecule has 2 aromatic carbocycles. The van der Waals surface area contributed by atoms with E-state index >= 15 is 0 Å². The van der Waals surface area contributed by atoms with Gasteiger partial charge in [-0.05, 0) is 74.2 Å². The molecule has 0 radical (unpaired) electrons. The number of carbonyl (C=O) groups excluding carboxylic acids is 4. The molecule has 0 saturated carbocycles. The quantitative estimate of drug-likeness (QED) is 0.108. The summed E-state index contributed by atoms with van der Waals surface area (Å²) in [5.74, 6) is -0.619. The van der Waals surface area contributed by atoms with Gasteiger partial charge in [-0.25, -0.2) is 29.0 Å². The first-order valence-corrected chi connectivity index (χ1v) is 12.3. The average Bonchev–Trinajstić information content (AvgIpc) is 2.97. The van der Waals surface area contributed by atoms with Crippen LogP contribution in [0.5, 0.6) is 11.5 Å². The van der Waals surface area contributed by atoms with Gasteiger partial charge in [-0.3, -0.25) is 9.78 Å². The first-order valence-electron chi connectivity index (χ1n) is 12.3. The van der Waals surface area contributed by atoms with E-state index in [1.54, 1.807) is 24.3 Å². The van der Waals surface area contributed by atoms with E-state index in [1.165, 1.54) is 24.3 Å². The van der Waals surface area contributed by atoms with Crippen molar-refractivity contribution in [3.63, 3.8) is 0 Å². The van der Waals surface area contributed by atoms with Gasteiger partial charge < -0.3 is 18.9 Å². The molecular weight excluding hydrogens is 536 g/mol. The lowest BCUT2D eigenvalue weighted by Gasteiger charge is -2.06. The molecule has 0 heterocycles. The maximum absolute atomic E-state index is 11.8. The molecule has 0 saturated heterocycles. The van der Waals surface area contributed by atoms with Gasteiger partial charge >= 0.3 is 24.2 Å². The Morgan fingerprint density at radius 2 is 0.900 bits per heavy atom. The highest BCUT2D eigenvalue weighted by atomic mass is 17.5. The molecule has 40 heavy (non-hydrogen) atoms. The van der Waals surface area contributed by atoms with Crippen LogP contribution in [0.2, 0.25) is 0 Å². The van der Waals surface area contributed by atoms with Crippen LogP contribution in [0, 0.1) is 0 Å². The van der Waals surface area contributed by atoms with Crippen molar-refractivity contribution in [1.29, 1.82) is 0 Å². The maximum Gasteiger partial charge on any atom is 0.543 e. The number of carbonyl (C=O) groups is 4. The summed E-state index contributed by atoms with van der Waals surface area (Å²) in [5, 5.41) is 8.24. The van der Waals surface area contributed by atoms with Crippen molar-refractivity contribution >= 4 is 24.2 Å². The molecule has 0 bridgehead atoms. The van der Waals surface area contributed by atoms with Crippen LogP contribution in [0.4, 0.5) is 9.59 Å². The van der Waals surface area contributed by atoms with Crippen molar-refractivity contribution in [2.75, 3.05) is 26.4 Å². The number of rotatable bonds is 17. The van der Waals surface area contributed by atoms with Gasteiger partial charge in [0.2, 0.25) is 0 Å². The number of unbranched alkanes of at least 4 members (excludes halogenated alkanes) is 1. The monoisotopic (exact) mass is 566 g/mol. The van der Waals surface area contributed by atoms with Crippen molar-refractivity contribution in [1.82, 2.24) is 0 Å². The van der Waals surface area contributed by atoms with Gasteiger partial charge in [0.05, 0.1) is 47.6 Å². The Hall–Kier alpha value is -4.56. The molecule has 0 aliphatic rings. The highest BCUT2D eigenvalue weighted by Crippen LogP contribution is 2.14. The van der Waals surface area contributed by atoms with Gasteiger partial charge in [0.15, 0.2) is 0 Å². The summed E-state index contributed by atoms with van der Waals surface area (Å²) in [4.78, 5) is 63.6. The van der Waals surface area contributed by atoms with Crippen LogP contribution in [0.25, 0.3) is 0 Å². The number of benzene rings is 2. The second-order valence-corrected chi connectivity index (χ2v) is 7.69. The summed E-state index contributed by atoms with van der Waals surface area (Å²) in [6, 6.07) is 12.1. The Kier molecular flexibility index (Phi) is 14.8. The van der Waals surface area contributed by atoms with Crippen molar-refractivity contribution in [3.8, 4) is 11.5 Å². The molecule has 0 fully saturated rings. The van der Waals surface area contributed by atoms with Gasteiger partial charge in [0, 0.05) is 0 Å². The van der Waals surface area contributed by atoms with Gasteiger partial charge in [0.1, 0.15) is 11.5 Å². The predicted molar refractivity (Wildman–Crippen MR) is 132 cm³/mol. The average molecular weight is 567 g/mol. The summed E-state index contributed by atoms with van der Waals surface area (Å²) in [7, 11) is 0. The molecule has 14 nitrogen and oxygen atoms in total. The standard InChI is InChI=1S/C26H30O14/c1-3-15-31-21-11-7-19(8-12-21)23(27)35-39-37-25(29)33-17-5-6-18-34-26(30)38-40-36-24(28)20-9-13-22(14-10-20)32-16-4-2/h7-14H,3-6,15-18H2,1-2H3. The lowest BCUT2D eigenvalue weighted by atomic mass is 10.2. The Morgan fingerprint density at radius 3 is 1.25 bits per heavy atom. The summed E-state index contributed by atoms with van der Waals surface area (Å²) in [6.07, 6.45) is -0.290. The molecule has 0 aliphatic heterocycles. The molecule has 0 unspecified atom stereocenters. The van der Waals surface area contributed by atoms with E-state index in [-0.39, 0.29) is 37.2 Å². The molecule has 2 rings (SSSR count). The van der Waals surface area contributed by atoms with Crippen LogP contribution >= 0.6 is 0 Å². The van der Waals surface area contributed by atoms with Crippen LogP contribution in [-0.4, -0.2) is 50.7 Å². The normalized spacial score (nSPS) is 10.2. The van der Waals surface area contributed by atoms with Crippen molar-refractivity contribution in [3.05, 3.63) is 59.7 Å². The van der Waals surface area contributed by atoms with E-state index in [1.807, 2.05) is 13.8 Å². The molecule has 2 aromatic rings. The second kappa shape index (κ2) is 18.7. The molecule has 0 spiro atoms. The Labute approximate surface area is 229 Å². The molecule has 0 aliphatic carbocycles. The minimum atomic E-state index is -1.25. The zero-order chi connectivity index (χ0) is 29.0. The zero-order valence-electron chi connectivity index (χ0n) is 22.0. The SMILES string of the molecule is CCCOc1ccc(C(=O)OOOC(=O)OCCCCOC(=O)OOOC(=O)c2ccc(OCCC)cc2)cc1. The molecule has 14 heteroatoms. The van der Waals surface area contributed by atoms with Gasteiger partial charge in [-0.1, -0.05) is 13.8 Å². The Bertz CT molecular complexity index is 967. The zero-order valence-corrected chi connectivity index (χ0v) is 22.0. The van der Waals surface area contributed by atoms with E-state index in [2.05, 4.69) is 29.6 Å². The Balaban J connectivity index is 1.47. The fourth-order valence-electron chi connectivity index (χ4n) is 2.63. The van der Waals surface area contributed by atoms with E-state index < -0.39 is 24.2 Å². The van der Waals surface area contributed by atoms with E-state index in [9.17, 15) is 19.2 Å². The molecule has 0 aromatic heterocycles. The van der Waals surface area contributed by atoms with Gasteiger partial charge in [-0.15, -0.1) is 0 Å². The predicted octanol–water partition coefficient (Wildman–Crippen LogP) is 5.06. The van der Waals surface area contributed by atoms with Crippen LogP contribution in [-0.2, 0) is 39.1 Å².